The van der Waals surface area contributed by atoms with Gasteiger partial charge in [0.25, 0.3) is 0 Å². The smallest absolute Gasteiger partial charge is 0.0914 e. The lowest BCUT2D eigenvalue weighted by molar-refractivity contribution is 0.174. The van der Waals surface area contributed by atoms with E-state index < -0.39 is 6.10 Å². The van der Waals surface area contributed by atoms with Crippen LogP contribution in [0.15, 0.2) is 42.5 Å². The molecule has 0 bridgehead atoms. The molecular weight excluding hydrogens is 210 g/mol. The fourth-order valence-corrected chi connectivity index (χ4v) is 2.10. The maximum Gasteiger partial charge on any atom is 0.0914 e. The number of hydrogen-bond donors (Lipinski definition) is 2. The molecule has 2 heteroatoms. The van der Waals surface area contributed by atoms with Gasteiger partial charge in [0.1, 0.15) is 0 Å². The molecule has 0 radical (unpaired) electrons. The Kier molecular flexibility index (Phi) is 2.83. The fourth-order valence-electron chi connectivity index (χ4n) is 2.10. The van der Waals surface area contributed by atoms with Crippen molar-refractivity contribution >= 4 is 10.8 Å². The highest BCUT2D eigenvalue weighted by Gasteiger charge is 2.21. The van der Waals surface area contributed by atoms with Gasteiger partial charge in [-0.1, -0.05) is 36.4 Å². The molecule has 1 aliphatic rings. The third-order valence-electron chi connectivity index (χ3n) is 3.34. The highest BCUT2D eigenvalue weighted by molar-refractivity contribution is 5.83. The van der Waals surface area contributed by atoms with Gasteiger partial charge in [0.05, 0.1) is 6.10 Å². The first-order valence-corrected chi connectivity index (χ1v) is 6.23. The van der Waals surface area contributed by atoms with Crippen molar-refractivity contribution in [1.82, 2.24) is 5.32 Å². The molecule has 3 rings (SSSR count). The van der Waals surface area contributed by atoms with E-state index in [-0.39, 0.29) is 0 Å². The Labute approximate surface area is 101 Å². The van der Waals surface area contributed by atoms with Gasteiger partial charge in [0, 0.05) is 12.6 Å². The number of hydrogen-bond acceptors (Lipinski definition) is 2. The van der Waals surface area contributed by atoms with Crippen LogP contribution < -0.4 is 5.32 Å². The molecule has 0 aliphatic heterocycles. The number of nitrogens with one attached hydrogen (secondary N) is 1. The minimum absolute atomic E-state index is 0.403. The summed E-state index contributed by atoms with van der Waals surface area (Å²) in [5.74, 6) is 0. The molecule has 1 saturated carbocycles. The van der Waals surface area contributed by atoms with Gasteiger partial charge in [-0.25, -0.2) is 0 Å². The molecule has 2 aromatic rings. The highest BCUT2D eigenvalue weighted by Crippen LogP contribution is 2.22. The van der Waals surface area contributed by atoms with Crippen LogP contribution in [0.5, 0.6) is 0 Å². The molecule has 2 aromatic carbocycles. The van der Waals surface area contributed by atoms with E-state index in [1.807, 2.05) is 18.2 Å². The van der Waals surface area contributed by atoms with E-state index in [1.165, 1.54) is 23.6 Å². The van der Waals surface area contributed by atoms with Gasteiger partial charge in [-0.2, -0.15) is 0 Å². The van der Waals surface area contributed by atoms with Crippen LogP contribution in [0.2, 0.25) is 0 Å². The van der Waals surface area contributed by atoms with Crippen LogP contribution in [-0.4, -0.2) is 17.7 Å². The van der Waals surface area contributed by atoms with Gasteiger partial charge in [-0.05, 0) is 35.2 Å². The minimum Gasteiger partial charge on any atom is -0.387 e. The number of aliphatic hydroxyl groups excluding tert-OH is 1. The summed E-state index contributed by atoms with van der Waals surface area (Å²) >= 11 is 0. The Morgan fingerprint density at radius 1 is 1.12 bits per heavy atom. The molecule has 2 N–H and O–H groups in total. The standard InChI is InChI=1S/C15H17NO/c17-15(10-16-14-7-8-14)13-6-5-11-3-1-2-4-12(11)9-13/h1-6,9,14-17H,7-8,10H2. The van der Waals surface area contributed by atoms with E-state index >= 15 is 0 Å². The van der Waals surface area contributed by atoms with Crippen LogP contribution in [0, 0.1) is 0 Å². The van der Waals surface area contributed by atoms with Crippen molar-refractivity contribution in [2.24, 2.45) is 0 Å². The van der Waals surface area contributed by atoms with Gasteiger partial charge >= 0.3 is 0 Å². The largest absolute Gasteiger partial charge is 0.387 e. The first-order chi connectivity index (χ1) is 8.33. The van der Waals surface area contributed by atoms with Crippen LogP contribution in [0.25, 0.3) is 10.8 Å². The quantitative estimate of drug-likeness (QED) is 0.841. The average Bonchev–Trinajstić information content (AvgIpc) is 3.19. The Morgan fingerprint density at radius 2 is 1.88 bits per heavy atom. The van der Waals surface area contributed by atoms with Crippen molar-refractivity contribution in [2.45, 2.75) is 25.0 Å². The van der Waals surface area contributed by atoms with Crippen LogP contribution in [0.1, 0.15) is 24.5 Å². The predicted octanol–water partition coefficient (Wildman–Crippen LogP) is 2.63. The van der Waals surface area contributed by atoms with Crippen LogP contribution >= 0.6 is 0 Å². The summed E-state index contributed by atoms with van der Waals surface area (Å²) in [4.78, 5) is 0. The van der Waals surface area contributed by atoms with E-state index in [1.54, 1.807) is 0 Å². The molecule has 88 valence electrons. The molecule has 0 aromatic heterocycles. The lowest BCUT2D eigenvalue weighted by Crippen LogP contribution is -2.23. The van der Waals surface area contributed by atoms with Crippen LogP contribution in [0.4, 0.5) is 0 Å². The first kappa shape index (κ1) is 10.8. The number of fused-ring (bicyclic) bond motifs is 1. The van der Waals surface area contributed by atoms with E-state index in [0.717, 1.165) is 5.56 Å². The summed E-state index contributed by atoms with van der Waals surface area (Å²) in [6.45, 7) is 0.656. The van der Waals surface area contributed by atoms with Gasteiger partial charge in [-0.3, -0.25) is 0 Å². The summed E-state index contributed by atoms with van der Waals surface area (Å²) in [6.07, 6.45) is 2.11. The number of aliphatic hydroxyl groups is 1. The fraction of sp³-hybridized carbons (Fsp3) is 0.333. The second-order valence-electron chi connectivity index (χ2n) is 4.80. The molecule has 0 heterocycles. The Morgan fingerprint density at radius 3 is 2.65 bits per heavy atom. The molecule has 1 atom stereocenters. The topological polar surface area (TPSA) is 32.3 Å². The third kappa shape index (κ3) is 2.48. The van der Waals surface area contributed by atoms with E-state index in [4.69, 9.17) is 0 Å². The maximum absolute atomic E-state index is 10.1. The lowest BCUT2D eigenvalue weighted by atomic mass is 10.0. The van der Waals surface area contributed by atoms with Gasteiger partial charge in [0.15, 0.2) is 0 Å². The predicted molar refractivity (Wildman–Crippen MR) is 69.9 cm³/mol. The molecule has 1 unspecified atom stereocenters. The monoisotopic (exact) mass is 227 g/mol. The molecule has 0 amide bonds. The Bertz CT molecular complexity index is 519. The summed E-state index contributed by atoms with van der Waals surface area (Å²) in [5, 5.41) is 15.9. The Hall–Kier alpha value is -1.38. The molecular formula is C15H17NO. The second-order valence-corrected chi connectivity index (χ2v) is 4.80. The zero-order valence-corrected chi connectivity index (χ0v) is 9.76. The van der Waals surface area contributed by atoms with E-state index in [2.05, 4.69) is 29.6 Å². The van der Waals surface area contributed by atoms with E-state index in [9.17, 15) is 5.11 Å². The number of rotatable bonds is 4. The van der Waals surface area contributed by atoms with Gasteiger partial charge < -0.3 is 10.4 Å². The van der Waals surface area contributed by atoms with Crippen molar-refractivity contribution < 1.29 is 5.11 Å². The van der Waals surface area contributed by atoms with Crippen molar-refractivity contribution in [3.8, 4) is 0 Å². The number of benzene rings is 2. The highest BCUT2D eigenvalue weighted by atomic mass is 16.3. The zero-order valence-electron chi connectivity index (χ0n) is 9.76. The van der Waals surface area contributed by atoms with Crippen LogP contribution in [0.3, 0.4) is 0 Å². The van der Waals surface area contributed by atoms with Crippen molar-refractivity contribution in [3.05, 3.63) is 48.0 Å². The second kappa shape index (κ2) is 4.47. The third-order valence-corrected chi connectivity index (χ3v) is 3.34. The van der Waals surface area contributed by atoms with Crippen molar-refractivity contribution in [2.75, 3.05) is 6.54 Å². The molecule has 2 nitrogen and oxygen atoms in total. The van der Waals surface area contributed by atoms with Crippen molar-refractivity contribution in [1.29, 1.82) is 0 Å². The van der Waals surface area contributed by atoms with E-state index in [0.29, 0.717) is 12.6 Å². The molecule has 17 heavy (non-hydrogen) atoms. The van der Waals surface area contributed by atoms with Gasteiger partial charge in [-0.15, -0.1) is 0 Å². The summed E-state index contributed by atoms with van der Waals surface area (Å²) in [7, 11) is 0. The van der Waals surface area contributed by atoms with Gasteiger partial charge in [0.2, 0.25) is 0 Å². The maximum atomic E-state index is 10.1. The minimum atomic E-state index is -0.403. The zero-order chi connectivity index (χ0) is 11.7. The van der Waals surface area contributed by atoms with Crippen molar-refractivity contribution in [3.63, 3.8) is 0 Å². The SMILES string of the molecule is OC(CNC1CC1)c1ccc2ccccc2c1. The average molecular weight is 227 g/mol. The molecule has 1 fully saturated rings. The molecule has 0 spiro atoms. The normalized spacial score (nSPS) is 17.2. The summed E-state index contributed by atoms with van der Waals surface area (Å²) < 4.78 is 0. The first-order valence-electron chi connectivity index (χ1n) is 6.23. The summed E-state index contributed by atoms with van der Waals surface area (Å²) in [6, 6.07) is 15.0. The molecule has 1 aliphatic carbocycles. The summed E-state index contributed by atoms with van der Waals surface area (Å²) in [5.41, 5.74) is 0.997. The lowest BCUT2D eigenvalue weighted by Gasteiger charge is -2.12. The van der Waals surface area contributed by atoms with Crippen LogP contribution in [-0.2, 0) is 0 Å². The molecule has 0 saturated heterocycles. The Balaban J connectivity index is 1.78.